The Kier molecular flexibility index (Phi) is 4.21. The standard InChI is InChI=1S/C15H22F2N2/c1-15(2)7-8-19(10-15)13(9-18)11-3-5-12(6-4-11)14(16)17/h3-6,13-14H,7-10,18H2,1-2H3. The Labute approximate surface area is 113 Å². The summed E-state index contributed by atoms with van der Waals surface area (Å²) in [5, 5.41) is 0. The summed E-state index contributed by atoms with van der Waals surface area (Å²) < 4.78 is 25.1. The molecule has 1 saturated heterocycles. The lowest BCUT2D eigenvalue weighted by atomic mass is 9.93. The molecular weight excluding hydrogens is 246 g/mol. The highest BCUT2D eigenvalue weighted by molar-refractivity contribution is 5.26. The van der Waals surface area contributed by atoms with Crippen molar-refractivity contribution in [2.24, 2.45) is 11.1 Å². The lowest BCUT2D eigenvalue weighted by Crippen LogP contribution is -2.33. The minimum atomic E-state index is -2.41. The van der Waals surface area contributed by atoms with Gasteiger partial charge in [-0.3, -0.25) is 4.90 Å². The molecule has 0 saturated carbocycles. The van der Waals surface area contributed by atoms with Gasteiger partial charge in [0.2, 0.25) is 0 Å². The molecular formula is C15H22F2N2. The van der Waals surface area contributed by atoms with Gasteiger partial charge in [-0.05, 0) is 23.9 Å². The highest BCUT2D eigenvalue weighted by Crippen LogP contribution is 2.34. The third-order valence-corrected chi connectivity index (χ3v) is 3.94. The maximum atomic E-state index is 12.5. The summed E-state index contributed by atoms with van der Waals surface area (Å²) in [5.41, 5.74) is 7.30. The van der Waals surface area contributed by atoms with E-state index in [1.54, 1.807) is 12.1 Å². The number of hydrogen-bond acceptors (Lipinski definition) is 2. The molecule has 0 amide bonds. The summed E-state index contributed by atoms with van der Waals surface area (Å²) in [4.78, 5) is 2.36. The fraction of sp³-hybridized carbons (Fsp3) is 0.600. The molecule has 1 aromatic carbocycles. The fourth-order valence-corrected chi connectivity index (χ4v) is 2.78. The quantitative estimate of drug-likeness (QED) is 0.907. The first-order valence-electron chi connectivity index (χ1n) is 6.75. The van der Waals surface area contributed by atoms with Gasteiger partial charge in [0.25, 0.3) is 6.43 Å². The van der Waals surface area contributed by atoms with Gasteiger partial charge >= 0.3 is 0 Å². The van der Waals surface area contributed by atoms with Crippen LogP contribution in [0.25, 0.3) is 0 Å². The molecule has 2 N–H and O–H groups in total. The van der Waals surface area contributed by atoms with E-state index in [4.69, 9.17) is 5.73 Å². The molecule has 0 aromatic heterocycles. The van der Waals surface area contributed by atoms with E-state index in [1.807, 2.05) is 0 Å². The van der Waals surface area contributed by atoms with Crippen molar-refractivity contribution >= 4 is 0 Å². The summed E-state index contributed by atoms with van der Waals surface area (Å²) in [6.45, 7) is 7.04. The third-order valence-electron chi connectivity index (χ3n) is 3.94. The Balaban J connectivity index is 2.14. The minimum absolute atomic E-state index is 0.0706. The third kappa shape index (κ3) is 3.31. The van der Waals surface area contributed by atoms with Crippen molar-refractivity contribution in [2.45, 2.75) is 32.7 Å². The van der Waals surface area contributed by atoms with E-state index >= 15 is 0 Å². The lowest BCUT2D eigenvalue weighted by molar-refractivity contribution is 0.151. The Morgan fingerprint density at radius 3 is 2.21 bits per heavy atom. The van der Waals surface area contributed by atoms with Crippen LogP contribution in [0.15, 0.2) is 24.3 Å². The van der Waals surface area contributed by atoms with E-state index in [9.17, 15) is 8.78 Å². The van der Waals surface area contributed by atoms with E-state index in [1.165, 1.54) is 12.1 Å². The van der Waals surface area contributed by atoms with Crippen LogP contribution in [0.5, 0.6) is 0 Å². The maximum absolute atomic E-state index is 12.5. The molecule has 0 aliphatic carbocycles. The van der Waals surface area contributed by atoms with Gasteiger partial charge in [-0.2, -0.15) is 0 Å². The first kappa shape index (κ1) is 14.4. The molecule has 1 unspecified atom stereocenters. The normalized spacial score (nSPS) is 20.9. The Morgan fingerprint density at radius 2 is 1.79 bits per heavy atom. The second-order valence-corrected chi connectivity index (χ2v) is 6.10. The Bertz CT molecular complexity index is 415. The Morgan fingerprint density at radius 1 is 1.21 bits per heavy atom. The molecule has 0 spiro atoms. The van der Waals surface area contributed by atoms with Crippen LogP contribution in [0.4, 0.5) is 8.78 Å². The summed E-state index contributed by atoms with van der Waals surface area (Å²) in [6, 6.07) is 6.70. The highest BCUT2D eigenvalue weighted by Gasteiger charge is 2.33. The van der Waals surface area contributed by atoms with Crippen LogP contribution < -0.4 is 5.73 Å². The first-order chi connectivity index (χ1) is 8.93. The monoisotopic (exact) mass is 268 g/mol. The van der Waals surface area contributed by atoms with Crippen LogP contribution in [0.3, 0.4) is 0 Å². The lowest BCUT2D eigenvalue weighted by Gasteiger charge is -2.28. The van der Waals surface area contributed by atoms with E-state index in [-0.39, 0.29) is 11.6 Å². The van der Waals surface area contributed by atoms with Gasteiger partial charge in [-0.1, -0.05) is 38.1 Å². The molecule has 1 aliphatic heterocycles. The summed E-state index contributed by atoms with van der Waals surface area (Å²) >= 11 is 0. The van der Waals surface area contributed by atoms with Gasteiger partial charge in [0.15, 0.2) is 0 Å². The molecule has 4 heteroatoms. The van der Waals surface area contributed by atoms with Crippen LogP contribution in [0.1, 0.15) is 43.9 Å². The van der Waals surface area contributed by atoms with Gasteiger partial charge in [0.05, 0.1) is 0 Å². The molecule has 1 heterocycles. The average molecular weight is 268 g/mol. The molecule has 1 fully saturated rings. The summed E-state index contributed by atoms with van der Waals surface area (Å²) in [5.74, 6) is 0. The molecule has 0 radical (unpaired) electrons. The predicted octanol–water partition coefficient (Wildman–Crippen LogP) is 3.36. The smallest absolute Gasteiger partial charge is 0.263 e. The highest BCUT2D eigenvalue weighted by atomic mass is 19.3. The zero-order valence-electron chi connectivity index (χ0n) is 11.6. The van der Waals surface area contributed by atoms with E-state index in [2.05, 4.69) is 18.7 Å². The number of nitrogens with zero attached hydrogens (tertiary/aromatic N) is 1. The number of benzene rings is 1. The largest absolute Gasteiger partial charge is 0.329 e. The second-order valence-electron chi connectivity index (χ2n) is 6.10. The van der Waals surface area contributed by atoms with Crippen molar-refractivity contribution in [2.75, 3.05) is 19.6 Å². The SMILES string of the molecule is CC1(C)CCN(C(CN)c2ccc(C(F)F)cc2)C1. The number of alkyl halides is 2. The van der Waals surface area contributed by atoms with Crippen LogP contribution in [0, 0.1) is 5.41 Å². The van der Waals surface area contributed by atoms with Crippen LogP contribution in [-0.4, -0.2) is 24.5 Å². The van der Waals surface area contributed by atoms with Crippen molar-refractivity contribution in [3.63, 3.8) is 0 Å². The number of likely N-dealkylation sites (tertiary alicyclic amines) is 1. The summed E-state index contributed by atoms with van der Waals surface area (Å²) in [7, 11) is 0. The minimum Gasteiger partial charge on any atom is -0.329 e. The number of nitrogens with two attached hydrogens (primary N) is 1. The van der Waals surface area contributed by atoms with Crippen LogP contribution in [-0.2, 0) is 0 Å². The van der Waals surface area contributed by atoms with E-state index in [0.29, 0.717) is 12.0 Å². The molecule has 19 heavy (non-hydrogen) atoms. The number of halogens is 2. The zero-order valence-corrected chi connectivity index (χ0v) is 11.6. The number of rotatable bonds is 4. The fourth-order valence-electron chi connectivity index (χ4n) is 2.78. The van der Waals surface area contributed by atoms with Gasteiger partial charge < -0.3 is 5.73 Å². The van der Waals surface area contributed by atoms with Crippen LogP contribution in [0.2, 0.25) is 0 Å². The van der Waals surface area contributed by atoms with Gasteiger partial charge in [0, 0.05) is 24.7 Å². The summed E-state index contributed by atoms with van der Waals surface area (Å²) in [6.07, 6.45) is -1.25. The zero-order chi connectivity index (χ0) is 14.0. The molecule has 1 atom stereocenters. The topological polar surface area (TPSA) is 29.3 Å². The number of hydrogen-bond donors (Lipinski definition) is 1. The maximum Gasteiger partial charge on any atom is 0.263 e. The first-order valence-corrected chi connectivity index (χ1v) is 6.75. The van der Waals surface area contributed by atoms with E-state index in [0.717, 1.165) is 25.1 Å². The molecule has 106 valence electrons. The molecule has 0 bridgehead atoms. The Hall–Kier alpha value is -1.00. The molecule has 1 aromatic rings. The van der Waals surface area contributed by atoms with Gasteiger partial charge in [0.1, 0.15) is 0 Å². The molecule has 1 aliphatic rings. The van der Waals surface area contributed by atoms with Gasteiger partial charge in [-0.25, -0.2) is 8.78 Å². The molecule has 2 nitrogen and oxygen atoms in total. The van der Waals surface area contributed by atoms with Crippen molar-refractivity contribution in [3.05, 3.63) is 35.4 Å². The van der Waals surface area contributed by atoms with Crippen molar-refractivity contribution in [1.29, 1.82) is 0 Å². The second kappa shape index (κ2) is 5.55. The van der Waals surface area contributed by atoms with Crippen molar-refractivity contribution < 1.29 is 8.78 Å². The molecule has 2 rings (SSSR count). The van der Waals surface area contributed by atoms with Crippen molar-refractivity contribution in [3.8, 4) is 0 Å². The van der Waals surface area contributed by atoms with E-state index < -0.39 is 6.43 Å². The van der Waals surface area contributed by atoms with Crippen LogP contribution >= 0.6 is 0 Å². The average Bonchev–Trinajstić information content (AvgIpc) is 2.71. The van der Waals surface area contributed by atoms with Gasteiger partial charge in [-0.15, -0.1) is 0 Å². The van der Waals surface area contributed by atoms with Crippen molar-refractivity contribution in [1.82, 2.24) is 4.90 Å². The predicted molar refractivity (Wildman–Crippen MR) is 73.2 cm³/mol.